The number of benzene rings is 2. The van der Waals surface area contributed by atoms with Crippen LogP contribution in [0.1, 0.15) is 22.3 Å². The van der Waals surface area contributed by atoms with Crippen LogP contribution in [0, 0.1) is 13.8 Å². The number of hydrogen-bond donors (Lipinski definition) is 0. The van der Waals surface area contributed by atoms with Gasteiger partial charge in [0, 0.05) is 12.4 Å². The summed E-state index contributed by atoms with van der Waals surface area (Å²) in [5.41, 5.74) is 3.54. The fourth-order valence-electron chi connectivity index (χ4n) is 1.66. The lowest BCUT2D eigenvalue weighted by atomic mass is 10.1. The second-order valence-corrected chi connectivity index (χ2v) is 6.00. The number of hydrogen-bond acceptors (Lipinski definition) is 2. The van der Waals surface area contributed by atoms with Crippen LogP contribution in [0.3, 0.4) is 0 Å². The van der Waals surface area contributed by atoms with Crippen molar-refractivity contribution in [2.75, 3.05) is 0 Å². The Hall–Kier alpha value is -2.27. The fourth-order valence-corrected chi connectivity index (χ4v) is 2.22. The summed E-state index contributed by atoms with van der Waals surface area (Å²) >= 11 is 0. The third-order valence-electron chi connectivity index (χ3n) is 2.93. The van der Waals surface area contributed by atoms with Crippen LogP contribution in [0.5, 0.6) is 0 Å². The zero-order valence-corrected chi connectivity index (χ0v) is 12.7. The Kier molecular flexibility index (Phi) is 4.65. The summed E-state index contributed by atoms with van der Waals surface area (Å²) < 4.78 is 30.6. The van der Waals surface area contributed by atoms with E-state index >= 15 is 0 Å². The molecule has 0 N–H and O–H groups in total. The maximum Gasteiger partial charge on any atom is 0.362 e. The van der Waals surface area contributed by atoms with Crippen molar-refractivity contribution in [2.45, 2.75) is 13.8 Å². The van der Waals surface area contributed by atoms with Gasteiger partial charge in [-0.25, -0.2) is 0 Å². The van der Waals surface area contributed by atoms with Crippen molar-refractivity contribution in [3.8, 4) is 0 Å². The van der Waals surface area contributed by atoms with Crippen LogP contribution < -0.4 is 0 Å². The van der Waals surface area contributed by atoms with Crippen molar-refractivity contribution in [1.29, 1.82) is 0 Å². The van der Waals surface area contributed by atoms with Gasteiger partial charge < -0.3 is 0 Å². The van der Waals surface area contributed by atoms with Gasteiger partial charge in [0.05, 0.1) is 0 Å². The van der Waals surface area contributed by atoms with Crippen molar-refractivity contribution in [1.82, 2.24) is 0 Å². The van der Waals surface area contributed by atoms with Gasteiger partial charge in [-0.3, -0.25) is 0 Å². The minimum atomic E-state index is -3.87. The van der Waals surface area contributed by atoms with E-state index in [9.17, 15) is 8.42 Å². The van der Waals surface area contributed by atoms with Gasteiger partial charge in [0.25, 0.3) is 0 Å². The number of aryl methyl sites for hydroxylation is 2. The molecule has 0 aliphatic rings. The molecule has 0 heterocycles. The highest BCUT2D eigenvalue weighted by Gasteiger charge is 2.02. The molecule has 0 unspecified atom stereocenters. The second-order valence-electron chi connectivity index (χ2n) is 4.68. The Labute approximate surface area is 125 Å². The molecule has 0 atom stereocenters. The van der Waals surface area contributed by atoms with E-state index in [1.165, 1.54) is 12.4 Å². The molecule has 0 bridgehead atoms. The van der Waals surface area contributed by atoms with Gasteiger partial charge >= 0.3 is 10.2 Å². The molecule has 0 saturated heterocycles. The van der Waals surface area contributed by atoms with Crippen LogP contribution in [0.15, 0.2) is 57.3 Å². The lowest BCUT2D eigenvalue weighted by molar-refractivity contribution is 0.600. The van der Waals surface area contributed by atoms with E-state index < -0.39 is 10.2 Å². The van der Waals surface area contributed by atoms with Crippen molar-refractivity contribution < 1.29 is 8.42 Å². The topological polar surface area (TPSA) is 58.9 Å². The van der Waals surface area contributed by atoms with E-state index in [2.05, 4.69) is 8.80 Å². The summed E-state index contributed by atoms with van der Waals surface area (Å²) in [6.07, 6.45) is 2.61. The quantitative estimate of drug-likeness (QED) is 0.815. The molecule has 0 aliphatic heterocycles. The van der Waals surface area contributed by atoms with Crippen molar-refractivity contribution in [3.05, 3.63) is 70.8 Å². The van der Waals surface area contributed by atoms with Gasteiger partial charge in [0.15, 0.2) is 0 Å². The van der Waals surface area contributed by atoms with Crippen LogP contribution in [0.2, 0.25) is 0 Å². The molecule has 2 aromatic carbocycles. The molecular formula is C16H16N2O2S. The average Bonchev–Trinajstić information content (AvgIpc) is 2.46. The predicted molar refractivity (Wildman–Crippen MR) is 86.5 cm³/mol. The minimum absolute atomic E-state index is 0.718. The number of rotatable bonds is 4. The van der Waals surface area contributed by atoms with Crippen molar-refractivity contribution in [3.63, 3.8) is 0 Å². The highest BCUT2D eigenvalue weighted by atomic mass is 32.2. The van der Waals surface area contributed by atoms with E-state index in [4.69, 9.17) is 0 Å². The Balaban J connectivity index is 2.15. The first-order valence-corrected chi connectivity index (χ1v) is 7.84. The zero-order chi connectivity index (χ0) is 15.3. The molecule has 21 heavy (non-hydrogen) atoms. The monoisotopic (exact) mass is 300 g/mol. The summed E-state index contributed by atoms with van der Waals surface area (Å²) in [6, 6.07) is 14.8. The number of nitrogens with zero attached hydrogens (tertiary/aromatic N) is 2. The average molecular weight is 300 g/mol. The van der Waals surface area contributed by atoms with E-state index in [0.717, 1.165) is 22.3 Å². The second kappa shape index (κ2) is 6.45. The summed E-state index contributed by atoms with van der Waals surface area (Å²) in [5.74, 6) is 0. The Morgan fingerprint density at radius 2 is 1.48 bits per heavy atom. The SMILES string of the molecule is Cc1ccc(/C=N/S(=O)(=O)/N=C/c2ccccc2C)cc1. The molecule has 0 saturated carbocycles. The van der Waals surface area contributed by atoms with Gasteiger partial charge in [-0.2, -0.15) is 17.2 Å². The molecule has 0 aromatic heterocycles. The van der Waals surface area contributed by atoms with Gasteiger partial charge in [-0.1, -0.05) is 54.1 Å². The Bertz CT molecular complexity index is 776. The molecule has 0 amide bonds. The molecule has 108 valence electrons. The standard InChI is InChI=1S/C16H16N2O2S/c1-13-7-9-15(10-8-13)11-17-21(19,20)18-12-16-6-4-3-5-14(16)2/h3-12H,1-2H3/b17-11+,18-12+. The van der Waals surface area contributed by atoms with E-state index in [1.807, 2.05) is 44.2 Å². The van der Waals surface area contributed by atoms with E-state index in [1.54, 1.807) is 18.2 Å². The van der Waals surface area contributed by atoms with Crippen LogP contribution >= 0.6 is 0 Å². The summed E-state index contributed by atoms with van der Waals surface area (Å²) in [6.45, 7) is 3.85. The maximum atomic E-state index is 11.8. The molecule has 0 aliphatic carbocycles. The van der Waals surface area contributed by atoms with Gasteiger partial charge in [0.1, 0.15) is 0 Å². The first-order chi connectivity index (χ1) is 9.96. The van der Waals surface area contributed by atoms with Gasteiger partial charge in [-0.15, -0.1) is 0 Å². The van der Waals surface area contributed by atoms with Crippen LogP contribution in [0.25, 0.3) is 0 Å². The molecule has 4 nitrogen and oxygen atoms in total. The largest absolute Gasteiger partial charge is 0.362 e. The molecule has 2 aromatic rings. The minimum Gasteiger partial charge on any atom is -0.179 e. The van der Waals surface area contributed by atoms with E-state index in [0.29, 0.717) is 0 Å². The lowest BCUT2D eigenvalue weighted by Gasteiger charge is -1.97. The van der Waals surface area contributed by atoms with Gasteiger partial charge in [0.2, 0.25) is 0 Å². The predicted octanol–water partition coefficient (Wildman–Crippen LogP) is 3.09. The zero-order valence-electron chi connectivity index (χ0n) is 11.9. The smallest absolute Gasteiger partial charge is 0.179 e. The first kappa shape index (κ1) is 15.1. The van der Waals surface area contributed by atoms with Crippen molar-refractivity contribution >= 4 is 22.6 Å². The lowest BCUT2D eigenvalue weighted by Crippen LogP contribution is -1.95. The molecule has 5 heteroatoms. The van der Waals surface area contributed by atoms with Crippen LogP contribution in [0.4, 0.5) is 0 Å². The summed E-state index contributed by atoms with van der Waals surface area (Å²) in [7, 11) is -3.87. The fraction of sp³-hybridized carbons (Fsp3) is 0.125. The molecule has 0 radical (unpaired) electrons. The first-order valence-electron chi connectivity index (χ1n) is 6.44. The maximum absolute atomic E-state index is 11.8. The Morgan fingerprint density at radius 1 is 0.857 bits per heavy atom. The van der Waals surface area contributed by atoms with Crippen LogP contribution in [-0.4, -0.2) is 20.8 Å². The Morgan fingerprint density at radius 3 is 2.14 bits per heavy atom. The summed E-state index contributed by atoms with van der Waals surface area (Å²) in [4.78, 5) is 0. The van der Waals surface area contributed by atoms with Gasteiger partial charge in [-0.05, 0) is 30.5 Å². The third kappa shape index (κ3) is 4.65. The van der Waals surface area contributed by atoms with E-state index in [-0.39, 0.29) is 0 Å². The van der Waals surface area contributed by atoms with Crippen LogP contribution in [-0.2, 0) is 10.2 Å². The normalized spacial score (nSPS) is 12.3. The molecule has 0 spiro atoms. The molecule has 0 fully saturated rings. The highest BCUT2D eigenvalue weighted by molar-refractivity contribution is 7.89. The highest BCUT2D eigenvalue weighted by Crippen LogP contribution is 2.06. The third-order valence-corrected chi connectivity index (χ3v) is 3.67. The molecule has 2 rings (SSSR count). The van der Waals surface area contributed by atoms with Crippen molar-refractivity contribution in [2.24, 2.45) is 8.80 Å². The summed E-state index contributed by atoms with van der Waals surface area (Å²) in [5, 5.41) is 0. The molecular weight excluding hydrogens is 284 g/mol.